The number of rotatable bonds is 10. The van der Waals surface area contributed by atoms with Gasteiger partial charge >= 0.3 is 0 Å². The number of carbonyl (C=O) groups excluding carboxylic acids is 1. The second kappa shape index (κ2) is 10.3. The molecule has 0 spiro atoms. The zero-order valence-electron chi connectivity index (χ0n) is 18.8. The molecule has 0 atom stereocenters. The zero-order valence-corrected chi connectivity index (χ0v) is 19.6. The van der Waals surface area contributed by atoms with Gasteiger partial charge in [0.25, 0.3) is 0 Å². The van der Waals surface area contributed by atoms with Crippen LogP contribution < -0.4 is 14.2 Å². The smallest absolute Gasteiger partial charge is 0.236 e. The van der Waals surface area contributed by atoms with Crippen LogP contribution in [-0.2, 0) is 27.8 Å². The third-order valence-corrected chi connectivity index (χ3v) is 5.98. The molecule has 0 saturated carbocycles. The Kier molecular flexibility index (Phi) is 7.54. The molecule has 1 aromatic heterocycles. The summed E-state index contributed by atoms with van der Waals surface area (Å²) in [6.07, 6.45) is 0.929. The van der Waals surface area contributed by atoms with Crippen LogP contribution in [0, 0.1) is 0 Å². The number of hydrogen-bond donors (Lipinski definition) is 0. The summed E-state index contributed by atoms with van der Waals surface area (Å²) in [4.78, 5) is 17.1. The summed E-state index contributed by atoms with van der Waals surface area (Å²) < 4.78 is 46.5. The summed E-state index contributed by atoms with van der Waals surface area (Å²) in [5.41, 5.74) is 1.22. The third-order valence-electron chi connectivity index (χ3n) is 4.85. The summed E-state index contributed by atoms with van der Waals surface area (Å²) in [6, 6.07) is 12.2. The molecule has 2 aromatic carbocycles. The van der Waals surface area contributed by atoms with Crippen molar-refractivity contribution in [1.29, 1.82) is 0 Å². The van der Waals surface area contributed by atoms with Crippen LogP contribution in [0.1, 0.15) is 17.9 Å². The van der Waals surface area contributed by atoms with Gasteiger partial charge in [-0.15, -0.1) is 0 Å². The van der Waals surface area contributed by atoms with Gasteiger partial charge in [0.2, 0.25) is 27.6 Å². The Morgan fingerprint density at radius 1 is 1.03 bits per heavy atom. The number of carbonyl (C=O) groups is 1. The van der Waals surface area contributed by atoms with E-state index < -0.39 is 15.9 Å². The van der Waals surface area contributed by atoms with E-state index in [-0.39, 0.29) is 25.3 Å². The molecule has 1 amide bonds. The number of benzene rings is 2. The molecule has 0 aliphatic rings. The molecule has 33 heavy (non-hydrogen) atoms. The average Bonchev–Trinajstić information content (AvgIpc) is 3.29. The Morgan fingerprint density at radius 2 is 1.76 bits per heavy atom. The monoisotopic (exact) mass is 475 g/mol. The van der Waals surface area contributed by atoms with Crippen LogP contribution in [0.15, 0.2) is 47.0 Å². The fraction of sp³-hybridized carbons (Fsp3) is 0.318. The van der Waals surface area contributed by atoms with Gasteiger partial charge in [-0.3, -0.25) is 4.79 Å². The van der Waals surface area contributed by atoms with Gasteiger partial charge in [0.1, 0.15) is 5.75 Å². The molecule has 0 aliphatic heterocycles. The fourth-order valence-electron chi connectivity index (χ4n) is 3.18. The minimum absolute atomic E-state index is 0.0866. The van der Waals surface area contributed by atoms with Gasteiger partial charge < -0.3 is 18.7 Å². The first kappa shape index (κ1) is 24.1. The Morgan fingerprint density at radius 3 is 2.36 bits per heavy atom. The SMILES string of the molecule is COc1ccc(-c2noc(CCC(=O)N(Cc3cccc(OC)c3OC)S(C)(=O)=O)n2)cc1. The molecule has 3 aromatic rings. The number of methoxy groups -OCH3 is 3. The van der Waals surface area contributed by atoms with Crippen LogP contribution in [0.3, 0.4) is 0 Å². The number of nitrogens with zero attached hydrogens (tertiary/aromatic N) is 3. The summed E-state index contributed by atoms with van der Waals surface area (Å²) in [5.74, 6) is 1.48. The van der Waals surface area contributed by atoms with Gasteiger partial charge in [-0.2, -0.15) is 4.98 Å². The first-order chi connectivity index (χ1) is 15.8. The minimum Gasteiger partial charge on any atom is -0.497 e. The molecular weight excluding hydrogens is 450 g/mol. The standard InChI is InChI=1S/C22H25N3O7S/c1-29-17-10-8-15(9-11-17)22-23-19(32-24-22)12-13-20(26)25(33(4,27)28)14-16-6-5-7-18(30-2)21(16)31-3/h5-11H,12-14H2,1-4H3. The van der Waals surface area contributed by atoms with E-state index in [2.05, 4.69) is 10.1 Å². The molecule has 11 heteroatoms. The van der Waals surface area contributed by atoms with Crippen LogP contribution in [0.2, 0.25) is 0 Å². The van der Waals surface area contributed by atoms with E-state index in [1.165, 1.54) is 14.2 Å². The number of aryl methyl sites for hydroxylation is 1. The molecule has 0 fully saturated rings. The summed E-state index contributed by atoms with van der Waals surface area (Å²) in [6.45, 7) is -0.195. The van der Waals surface area contributed by atoms with Crippen molar-refractivity contribution in [3.63, 3.8) is 0 Å². The maximum atomic E-state index is 12.8. The molecule has 0 saturated heterocycles. The maximum Gasteiger partial charge on any atom is 0.236 e. The van der Waals surface area contributed by atoms with Crippen molar-refractivity contribution in [2.45, 2.75) is 19.4 Å². The van der Waals surface area contributed by atoms with E-state index in [0.717, 1.165) is 16.1 Å². The molecule has 0 radical (unpaired) electrons. The first-order valence-corrected chi connectivity index (χ1v) is 11.8. The second-order valence-corrected chi connectivity index (χ2v) is 8.96. The minimum atomic E-state index is -3.85. The molecule has 0 aliphatic carbocycles. The molecular formula is C22H25N3O7S. The van der Waals surface area contributed by atoms with Crippen molar-refractivity contribution in [1.82, 2.24) is 14.4 Å². The topological polar surface area (TPSA) is 121 Å². The zero-order chi connectivity index (χ0) is 24.0. The molecule has 0 unspecified atom stereocenters. The third kappa shape index (κ3) is 5.80. The van der Waals surface area contributed by atoms with Crippen LogP contribution in [0.25, 0.3) is 11.4 Å². The number of ether oxygens (including phenoxy) is 3. The van der Waals surface area contributed by atoms with E-state index in [0.29, 0.717) is 28.6 Å². The van der Waals surface area contributed by atoms with Gasteiger partial charge in [0.15, 0.2) is 11.5 Å². The lowest BCUT2D eigenvalue weighted by molar-refractivity contribution is -0.126. The van der Waals surface area contributed by atoms with Gasteiger partial charge in [0.05, 0.1) is 34.1 Å². The van der Waals surface area contributed by atoms with Crippen LogP contribution in [0.5, 0.6) is 17.2 Å². The number of hydrogen-bond acceptors (Lipinski definition) is 9. The lowest BCUT2D eigenvalue weighted by atomic mass is 10.1. The average molecular weight is 476 g/mol. The van der Waals surface area contributed by atoms with Crippen molar-refractivity contribution >= 4 is 15.9 Å². The summed E-state index contributed by atoms with van der Waals surface area (Å²) in [7, 11) is 0.652. The number of sulfonamides is 1. The van der Waals surface area contributed by atoms with Crippen molar-refractivity contribution < 1.29 is 31.9 Å². The second-order valence-electron chi connectivity index (χ2n) is 7.06. The van der Waals surface area contributed by atoms with Crippen molar-refractivity contribution in [3.05, 3.63) is 53.9 Å². The van der Waals surface area contributed by atoms with E-state index in [1.54, 1.807) is 49.6 Å². The Bertz CT molecular complexity index is 1210. The predicted molar refractivity (Wildman–Crippen MR) is 120 cm³/mol. The van der Waals surface area contributed by atoms with E-state index in [9.17, 15) is 13.2 Å². The number of amides is 1. The predicted octanol–water partition coefficient (Wildman–Crippen LogP) is 2.68. The van der Waals surface area contributed by atoms with Crippen LogP contribution >= 0.6 is 0 Å². The van der Waals surface area contributed by atoms with Crippen LogP contribution in [0.4, 0.5) is 0 Å². The van der Waals surface area contributed by atoms with Crippen molar-refractivity contribution in [3.8, 4) is 28.6 Å². The Balaban J connectivity index is 1.72. The van der Waals surface area contributed by atoms with Gasteiger partial charge in [-0.1, -0.05) is 17.3 Å². The number of para-hydroxylation sites is 1. The lowest BCUT2D eigenvalue weighted by Gasteiger charge is -2.22. The fourth-order valence-corrected chi connectivity index (χ4v) is 4.01. The van der Waals surface area contributed by atoms with Crippen LogP contribution in [-0.4, -0.2) is 56.4 Å². The summed E-state index contributed by atoms with van der Waals surface area (Å²) >= 11 is 0. The van der Waals surface area contributed by atoms with E-state index in [4.69, 9.17) is 18.7 Å². The Labute approximate surface area is 192 Å². The van der Waals surface area contributed by atoms with Gasteiger partial charge in [-0.05, 0) is 30.3 Å². The van der Waals surface area contributed by atoms with Crippen molar-refractivity contribution in [2.75, 3.05) is 27.6 Å². The highest BCUT2D eigenvalue weighted by molar-refractivity contribution is 7.88. The number of aromatic nitrogens is 2. The van der Waals surface area contributed by atoms with E-state index in [1.807, 2.05) is 0 Å². The Hall–Kier alpha value is -3.60. The highest BCUT2D eigenvalue weighted by Gasteiger charge is 2.26. The van der Waals surface area contributed by atoms with Crippen molar-refractivity contribution in [2.24, 2.45) is 0 Å². The normalized spacial score (nSPS) is 11.2. The maximum absolute atomic E-state index is 12.8. The summed E-state index contributed by atoms with van der Waals surface area (Å²) in [5, 5.41) is 3.92. The van der Waals surface area contributed by atoms with E-state index >= 15 is 0 Å². The molecule has 1 heterocycles. The largest absolute Gasteiger partial charge is 0.497 e. The molecule has 0 bridgehead atoms. The first-order valence-electron chi connectivity index (χ1n) is 9.94. The molecule has 176 valence electrons. The molecule has 10 nitrogen and oxygen atoms in total. The lowest BCUT2D eigenvalue weighted by Crippen LogP contribution is -2.35. The molecule has 0 N–H and O–H groups in total. The highest BCUT2D eigenvalue weighted by Crippen LogP contribution is 2.32. The van der Waals surface area contributed by atoms with Gasteiger partial charge in [0, 0.05) is 24.0 Å². The van der Waals surface area contributed by atoms with Gasteiger partial charge in [-0.25, -0.2) is 12.7 Å². The molecule has 3 rings (SSSR count). The quantitative estimate of drug-likeness (QED) is 0.436. The highest BCUT2D eigenvalue weighted by atomic mass is 32.2.